The molecular weight excluding hydrogens is 432 g/mol. The van der Waals surface area contributed by atoms with Gasteiger partial charge in [0.15, 0.2) is 0 Å². The molecule has 0 radical (unpaired) electrons. The highest BCUT2D eigenvalue weighted by Gasteiger charge is 2.13. The monoisotopic (exact) mass is 462 g/mol. The second kappa shape index (κ2) is 11.0. The predicted molar refractivity (Wildman–Crippen MR) is 143 cm³/mol. The minimum absolute atomic E-state index is 0.00139. The highest BCUT2D eigenvalue weighted by atomic mass is 16.5. The molecular formula is C32H30O3. The van der Waals surface area contributed by atoms with Crippen LogP contribution in [0.15, 0.2) is 97.6 Å². The van der Waals surface area contributed by atoms with Crippen LogP contribution in [0.25, 0.3) is 33.4 Å². The zero-order valence-electron chi connectivity index (χ0n) is 20.3. The number of esters is 1. The number of ether oxygens (including phenoxy) is 1. The second-order valence-electron chi connectivity index (χ2n) is 8.63. The number of rotatable bonds is 8. The Morgan fingerprint density at radius 2 is 1.37 bits per heavy atom. The number of carbonyl (C=O) groups excluding carboxylic acids is 1. The third-order valence-corrected chi connectivity index (χ3v) is 6.27. The van der Waals surface area contributed by atoms with Gasteiger partial charge in [-0.05, 0) is 69.5 Å². The number of benzene rings is 4. The van der Waals surface area contributed by atoms with Crippen LogP contribution in [-0.4, -0.2) is 11.1 Å². The molecule has 176 valence electrons. The predicted octanol–water partition coefficient (Wildman–Crippen LogP) is 7.28. The largest absolute Gasteiger partial charge is 0.458 e. The van der Waals surface area contributed by atoms with Gasteiger partial charge in [0.1, 0.15) is 6.61 Å². The van der Waals surface area contributed by atoms with E-state index in [1.165, 1.54) is 33.9 Å². The smallest absolute Gasteiger partial charge is 0.330 e. The molecule has 1 N–H and O–H groups in total. The Labute approximate surface area is 207 Å². The zero-order valence-corrected chi connectivity index (χ0v) is 20.3. The van der Waals surface area contributed by atoms with Gasteiger partial charge in [0.05, 0.1) is 6.61 Å². The van der Waals surface area contributed by atoms with Crippen molar-refractivity contribution >= 4 is 5.97 Å². The molecule has 0 fully saturated rings. The van der Waals surface area contributed by atoms with E-state index in [2.05, 4.69) is 81.1 Å². The van der Waals surface area contributed by atoms with Gasteiger partial charge in [-0.1, -0.05) is 97.9 Å². The number of aryl methyl sites for hydroxylation is 2. The van der Waals surface area contributed by atoms with Crippen molar-refractivity contribution in [1.82, 2.24) is 0 Å². The van der Waals surface area contributed by atoms with Crippen molar-refractivity contribution in [3.63, 3.8) is 0 Å². The van der Waals surface area contributed by atoms with Crippen LogP contribution in [0, 0.1) is 6.92 Å². The Hall–Kier alpha value is -3.95. The first-order valence-electron chi connectivity index (χ1n) is 11.8. The van der Waals surface area contributed by atoms with Gasteiger partial charge in [-0.3, -0.25) is 0 Å². The third kappa shape index (κ3) is 5.59. The van der Waals surface area contributed by atoms with Gasteiger partial charge in [0.25, 0.3) is 0 Å². The number of hydrogen-bond acceptors (Lipinski definition) is 3. The maximum absolute atomic E-state index is 11.8. The van der Waals surface area contributed by atoms with E-state index in [-0.39, 0.29) is 13.2 Å². The fourth-order valence-electron chi connectivity index (χ4n) is 4.25. The summed E-state index contributed by atoms with van der Waals surface area (Å²) in [5.74, 6) is -0.450. The van der Waals surface area contributed by atoms with E-state index in [4.69, 9.17) is 4.74 Å². The zero-order chi connectivity index (χ0) is 24.8. The average molecular weight is 463 g/mol. The molecule has 4 aromatic rings. The first-order chi connectivity index (χ1) is 17.0. The summed E-state index contributed by atoms with van der Waals surface area (Å²) >= 11 is 0. The minimum Gasteiger partial charge on any atom is -0.458 e. The van der Waals surface area contributed by atoms with Gasteiger partial charge in [0.2, 0.25) is 0 Å². The minimum atomic E-state index is -0.450. The number of aliphatic hydroxyl groups excluding tert-OH is 1. The molecule has 0 aromatic heterocycles. The van der Waals surface area contributed by atoms with Crippen molar-refractivity contribution < 1.29 is 14.6 Å². The summed E-state index contributed by atoms with van der Waals surface area (Å²) in [6, 6.07) is 29.3. The molecule has 35 heavy (non-hydrogen) atoms. The highest BCUT2D eigenvalue weighted by molar-refractivity contribution is 5.82. The first kappa shape index (κ1) is 24.2. The SMILES string of the molecule is C=CC(=O)OCc1cc(-c2ccc(-c3ccc(C)cc3)cc2CC)ccc1-c1ccc(CO)cc1. The Morgan fingerprint density at radius 1 is 0.800 bits per heavy atom. The van der Waals surface area contributed by atoms with Crippen molar-refractivity contribution in [2.24, 2.45) is 0 Å². The average Bonchev–Trinajstić information content (AvgIpc) is 2.91. The van der Waals surface area contributed by atoms with Crippen LogP contribution < -0.4 is 0 Å². The van der Waals surface area contributed by atoms with E-state index < -0.39 is 5.97 Å². The van der Waals surface area contributed by atoms with Crippen molar-refractivity contribution in [3.05, 3.63) is 120 Å². The fourth-order valence-corrected chi connectivity index (χ4v) is 4.25. The summed E-state index contributed by atoms with van der Waals surface area (Å²) in [5.41, 5.74) is 10.9. The topological polar surface area (TPSA) is 46.5 Å². The Morgan fingerprint density at radius 3 is 2.00 bits per heavy atom. The maximum Gasteiger partial charge on any atom is 0.330 e. The lowest BCUT2D eigenvalue weighted by molar-refractivity contribution is -0.138. The molecule has 0 aliphatic heterocycles. The number of hydrogen-bond donors (Lipinski definition) is 1. The molecule has 0 amide bonds. The van der Waals surface area contributed by atoms with Crippen LogP contribution in [0.1, 0.15) is 29.2 Å². The lowest BCUT2D eigenvalue weighted by Crippen LogP contribution is -2.02. The standard InChI is InChI=1S/C32H30O3/c1-4-24-18-27(25-10-6-22(3)7-11-25)14-16-30(24)28-15-17-31(26-12-8-23(20-33)9-13-26)29(19-28)21-35-32(34)5-2/h5-19,33H,2,4,20-21H2,1,3H3. The van der Waals surface area contributed by atoms with Crippen LogP contribution in [0.4, 0.5) is 0 Å². The van der Waals surface area contributed by atoms with E-state index in [9.17, 15) is 9.90 Å². The van der Waals surface area contributed by atoms with Crippen molar-refractivity contribution in [2.45, 2.75) is 33.5 Å². The molecule has 3 nitrogen and oxygen atoms in total. The maximum atomic E-state index is 11.8. The lowest BCUT2D eigenvalue weighted by atomic mass is 9.90. The molecule has 4 rings (SSSR count). The van der Waals surface area contributed by atoms with Gasteiger partial charge in [0, 0.05) is 6.08 Å². The molecule has 0 aliphatic rings. The first-order valence-corrected chi connectivity index (χ1v) is 11.8. The van der Waals surface area contributed by atoms with Crippen molar-refractivity contribution in [1.29, 1.82) is 0 Å². The molecule has 0 aliphatic carbocycles. The van der Waals surface area contributed by atoms with E-state index >= 15 is 0 Å². The molecule has 0 saturated heterocycles. The van der Waals surface area contributed by atoms with E-state index in [1.807, 2.05) is 24.3 Å². The van der Waals surface area contributed by atoms with Gasteiger partial charge in [-0.15, -0.1) is 0 Å². The summed E-state index contributed by atoms with van der Waals surface area (Å²) < 4.78 is 5.42. The van der Waals surface area contributed by atoms with Crippen LogP contribution >= 0.6 is 0 Å². The molecule has 3 heteroatoms. The summed E-state index contributed by atoms with van der Waals surface area (Å²) in [6.07, 6.45) is 2.08. The van der Waals surface area contributed by atoms with Gasteiger partial charge >= 0.3 is 5.97 Å². The van der Waals surface area contributed by atoms with Crippen LogP contribution in [0.5, 0.6) is 0 Å². The Kier molecular flexibility index (Phi) is 7.59. The van der Waals surface area contributed by atoms with Crippen LogP contribution in [-0.2, 0) is 29.2 Å². The normalized spacial score (nSPS) is 10.7. The Balaban J connectivity index is 1.75. The fraction of sp³-hybridized carbons (Fsp3) is 0.156. The van der Waals surface area contributed by atoms with Gasteiger partial charge in [-0.2, -0.15) is 0 Å². The van der Waals surface area contributed by atoms with Crippen molar-refractivity contribution in [2.75, 3.05) is 0 Å². The summed E-state index contributed by atoms with van der Waals surface area (Å²) in [5, 5.41) is 9.38. The quantitative estimate of drug-likeness (QED) is 0.221. The van der Waals surface area contributed by atoms with Crippen molar-refractivity contribution in [3.8, 4) is 33.4 Å². The van der Waals surface area contributed by atoms with Crippen LogP contribution in [0.3, 0.4) is 0 Å². The molecule has 0 unspecified atom stereocenters. The van der Waals surface area contributed by atoms with E-state index in [0.717, 1.165) is 34.2 Å². The molecule has 0 spiro atoms. The molecule has 4 aromatic carbocycles. The molecule has 0 atom stereocenters. The van der Waals surface area contributed by atoms with Crippen LogP contribution in [0.2, 0.25) is 0 Å². The number of carbonyl (C=O) groups is 1. The van der Waals surface area contributed by atoms with Gasteiger partial charge < -0.3 is 9.84 Å². The number of aliphatic hydroxyl groups is 1. The Bertz CT molecular complexity index is 1330. The summed E-state index contributed by atoms with van der Waals surface area (Å²) in [7, 11) is 0. The summed E-state index contributed by atoms with van der Waals surface area (Å²) in [6.45, 7) is 7.92. The molecule has 0 saturated carbocycles. The highest BCUT2D eigenvalue weighted by Crippen LogP contribution is 2.34. The van der Waals surface area contributed by atoms with Gasteiger partial charge in [-0.25, -0.2) is 4.79 Å². The molecule has 0 heterocycles. The van der Waals surface area contributed by atoms with E-state index in [1.54, 1.807) is 0 Å². The summed E-state index contributed by atoms with van der Waals surface area (Å²) in [4.78, 5) is 11.8. The van der Waals surface area contributed by atoms with E-state index in [0.29, 0.717) is 0 Å². The second-order valence-corrected chi connectivity index (χ2v) is 8.63. The third-order valence-electron chi connectivity index (χ3n) is 6.27. The molecule has 0 bridgehead atoms. The lowest BCUT2D eigenvalue weighted by Gasteiger charge is -2.16.